The van der Waals surface area contributed by atoms with Crippen LogP contribution in [0, 0.1) is 5.41 Å². The molecule has 0 aromatic carbocycles. The van der Waals surface area contributed by atoms with E-state index in [0.29, 0.717) is 0 Å². The summed E-state index contributed by atoms with van der Waals surface area (Å²) < 4.78 is 0. The van der Waals surface area contributed by atoms with Crippen molar-refractivity contribution in [1.29, 1.82) is 0 Å². The van der Waals surface area contributed by atoms with Crippen molar-refractivity contribution in [3.05, 3.63) is 24.4 Å². The second-order valence-electron chi connectivity index (χ2n) is 4.36. The van der Waals surface area contributed by atoms with Crippen molar-refractivity contribution >= 4 is 0 Å². The lowest BCUT2D eigenvalue weighted by Crippen LogP contribution is -2.13. The Hall–Kier alpha value is -0.720. The van der Waals surface area contributed by atoms with Crippen LogP contribution in [0.2, 0.25) is 0 Å². The average molecular weight is 167 g/mol. The van der Waals surface area contributed by atoms with Gasteiger partial charge in [0, 0.05) is 14.1 Å². The zero-order valence-corrected chi connectivity index (χ0v) is 9.02. The van der Waals surface area contributed by atoms with E-state index in [1.54, 1.807) is 0 Å². The Morgan fingerprint density at radius 3 is 2.08 bits per heavy atom. The van der Waals surface area contributed by atoms with Crippen LogP contribution in [-0.4, -0.2) is 19.0 Å². The molecule has 1 nitrogen and oxygen atoms in total. The lowest BCUT2D eigenvalue weighted by Gasteiger charge is -2.23. The van der Waals surface area contributed by atoms with E-state index < -0.39 is 0 Å². The molecule has 0 aliphatic carbocycles. The summed E-state index contributed by atoms with van der Waals surface area (Å²) in [6.45, 7) is 10.4. The van der Waals surface area contributed by atoms with Gasteiger partial charge in [0.05, 0.1) is 0 Å². The minimum atomic E-state index is 0.248. The zero-order chi connectivity index (χ0) is 9.78. The maximum atomic E-state index is 3.76. The molecule has 0 aromatic rings. The highest BCUT2D eigenvalue weighted by Crippen LogP contribution is 2.27. The first-order valence-corrected chi connectivity index (χ1v) is 4.36. The van der Waals surface area contributed by atoms with Crippen LogP contribution in [0.15, 0.2) is 24.4 Å². The second-order valence-corrected chi connectivity index (χ2v) is 4.36. The topological polar surface area (TPSA) is 3.24 Å². The fourth-order valence-corrected chi connectivity index (χ4v) is 1.02. The molecular weight excluding hydrogens is 146 g/mol. The zero-order valence-electron chi connectivity index (χ0n) is 9.02. The first kappa shape index (κ1) is 11.3. The Kier molecular flexibility index (Phi) is 4.08. The second kappa shape index (κ2) is 4.34. The fraction of sp³-hybridized carbons (Fsp3) is 0.636. The summed E-state index contributed by atoms with van der Waals surface area (Å²) in [6.07, 6.45) is 5.12. The normalized spacial score (nSPS) is 12.9. The van der Waals surface area contributed by atoms with E-state index in [1.165, 1.54) is 5.57 Å². The monoisotopic (exact) mass is 167 g/mol. The van der Waals surface area contributed by atoms with Gasteiger partial charge in [0.25, 0.3) is 0 Å². The molecule has 0 unspecified atom stereocenters. The summed E-state index contributed by atoms with van der Waals surface area (Å²) in [5.41, 5.74) is 1.67. The molecule has 0 heterocycles. The Labute approximate surface area is 76.8 Å². The maximum Gasteiger partial charge on any atom is 0.00556 e. The number of rotatable bonds is 3. The van der Waals surface area contributed by atoms with Gasteiger partial charge in [0.15, 0.2) is 0 Å². The van der Waals surface area contributed by atoms with Gasteiger partial charge in [-0.3, -0.25) is 0 Å². The van der Waals surface area contributed by atoms with E-state index in [0.717, 1.165) is 6.42 Å². The van der Waals surface area contributed by atoms with Crippen molar-refractivity contribution in [1.82, 2.24) is 4.90 Å². The lowest BCUT2D eigenvalue weighted by atomic mass is 9.85. The SMILES string of the molecule is C=CC/C(=C\N(C)C)C(C)(C)C. The van der Waals surface area contributed by atoms with Crippen LogP contribution in [0.25, 0.3) is 0 Å². The number of allylic oxidation sites excluding steroid dienone is 2. The molecule has 0 N–H and O–H groups in total. The predicted molar refractivity (Wildman–Crippen MR) is 56.0 cm³/mol. The number of nitrogens with zero attached hydrogens (tertiary/aromatic N) is 1. The summed E-state index contributed by atoms with van der Waals surface area (Å²) in [4.78, 5) is 2.09. The molecule has 12 heavy (non-hydrogen) atoms. The molecule has 0 aliphatic heterocycles. The third kappa shape index (κ3) is 4.22. The highest BCUT2D eigenvalue weighted by atomic mass is 15.0. The van der Waals surface area contributed by atoms with Crippen LogP contribution in [-0.2, 0) is 0 Å². The van der Waals surface area contributed by atoms with Crippen molar-refractivity contribution in [3.8, 4) is 0 Å². The van der Waals surface area contributed by atoms with Crippen molar-refractivity contribution < 1.29 is 0 Å². The molecule has 0 rings (SSSR count). The molecule has 1 heteroatoms. The van der Waals surface area contributed by atoms with Crippen molar-refractivity contribution in [2.75, 3.05) is 14.1 Å². The quantitative estimate of drug-likeness (QED) is 0.584. The highest BCUT2D eigenvalue weighted by Gasteiger charge is 2.15. The minimum absolute atomic E-state index is 0.248. The molecule has 0 amide bonds. The summed E-state index contributed by atoms with van der Waals surface area (Å²) in [5.74, 6) is 0. The lowest BCUT2D eigenvalue weighted by molar-refractivity contribution is 0.463. The maximum absolute atomic E-state index is 3.76. The summed E-state index contributed by atoms with van der Waals surface area (Å²) in [7, 11) is 4.10. The van der Waals surface area contributed by atoms with Crippen LogP contribution in [0.5, 0.6) is 0 Å². The van der Waals surface area contributed by atoms with Gasteiger partial charge in [0.1, 0.15) is 0 Å². The summed E-state index contributed by atoms with van der Waals surface area (Å²) in [5, 5.41) is 0. The van der Waals surface area contributed by atoms with Gasteiger partial charge in [-0.1, -0.05) is 26.8 Å². The Morgan fingerprint density at radius 2 is 1.83 bits per heavy atom. The third-order valence-corrected chi connectivity index (χ3v) is 1.74. The highest BCUT2D eigenvalue weighted by molar-refractivity contribution is 5.13. The molecule has 0 fully saturated rings. The van der Waals surface area contributed by atoms with Crippen LogP contribution in [0.3, 0.4) is 0 Å². The smallest absolute Gasteiger partial charge is 0.00556 e. The Morgan fingerprint density at radius 1 is 1.33 bits per heavy atom. The van der Waals surface area contributed by atoms with Crippen LogP contribution in [0.4, 0.5) is 0 Å². The van der Waals surface area contributed by atoms with E-state index in [2.05, 4.69) is 52.5 Å². The summed E-state index contributed by atoms with van der Waals surface area (Å²) in [6, 6.07) is 0. The third-order valence-electron chi connectivity index (χ3n) is 1.74. The standard InChI is InChI=1S/C11H21N/c1-7-8-10(9-12(5)6)11(2,3)4/h7,9H,1,8H2,2-6H3/b10-9+. The molecule has 0 atom stereocenters. The van der Waals surface area contributed by atoms with E-state index >= 15 is 0 Å². The Balaban J connectivity index is 4.54. The van der Waals surface area contributed by atoms with Crippen LogP contribution in [0.1, 0.15) is 27.2 Å². The van der Waals surface area contributed by atoms with Gasteiger partial charge >= 0.3 is 0 Å². The van der Waals surface area contributed by atoms with Gasteiger partial charge in [-0.25, -0.2) is 0 Å². The first-order chi connectivity index (χ1) is 5.38. The largest absolute Gasteiger partial charge is 0.383 e. The van der Waals surface area contributed by atoms with Crippen LogP contribution < -0.4 is 0 Å². The number of hydrogen-bond acceptors (Lipinski definition) is 1. The van der Waals surface area contributed by atoms with Crippen molar-refractivity contribution in [2.24, 2.45) is 5.41 Å². The van der Waals surface area contributed by atoms with Gasteiger partial charge < -0.3 is 4.90 Å². The molecule has 0 saturated carbocycles. The molecule has 0 spiro atoms. The van der Waals surface area contributed by atoms with Crippen molar-refractivity contribution in [3.63, 3.8) is 0 Å². The molecular formula is C11H21N. The molecule has 0 bridgehead atoms. The van der Waals surface area contributed by atoms with E-state index in [-0.39, 0.29) is 5.41 Å². The number of hydrogen-bond donors (Lipinski definition) is 0. The van der Waals surface area contributed by atoms with E-state index in [4.69, 9.17) is 0 Å². The van der Waals surface area contributed by atoms with E-state index in [9.17, 15) is 0 Å². The van der Waals surface area contributed by atoms with Gasteiger partial charge in [0.2, 0.25) is 0 Å². The first-order valence-electron chi connectivity index (χ1n) is 4.36. The predicted octanol–water partition coefficient (Wildman–Crippen LogP) is 3.05. The summed E-state index contributed by atoms with van der Waals surface area (Å²) >= 11 is 0. The van der Waals surface area contributed by atoms with E-state index in [1.807, 2.05) is 6.08 Å². The molecule has 70 valence electrons. The molecule has 0 aliphatic rings. The van der Waals surface area contributed by atoms with Gasteiger partial charge in [-0.05, 0) is 23.6 Å². The van der Waals surface area contributed by atoms with Gasteiger partial charge in [-0.15, -0.1) is 6.58 Å². The van der Waals surface area contributed by atoms with Crippen molar-refractivity contribution in [2.45, 2.75) is 27.2 Å². The average Bonchev–Trinajstić information content (AvgIpc) is 1.83. The van der Waals surface area contributed by atoms with Gasteiger partial charge in [-0.2, -0.15) is 0 Å². The van der Waals surface area contributed by atoms with Crippen LogP contribution >= 0.6 is 0 Å². The molecule has 0 radical (unpaired) electrons. The fourth-order valence-electron chi connectivity index (χ4n) is 1.02. The Bertz CT molecular complexity index is 170. The minimum Gasteiger partial charge on any atom is -0.383 e. The molecule has 0 aromatic heterocycles. The molecule has 0 saturated heterocycles.